The zero-order chi connectivity index (χ0) is 16.8. The first kappa shape index (κ1) is 16.3. The summed E-state index contributed by atoms with van der Waals surface area (Å²) in [5.41, 5.74) is 4.57. The van der Waals surface area contributed by atoms with Crippen LogP contribution in [0.15, 0.2) is 78.9 Å². The van der Waals surface area contributed by atoms with Gasteiger partial charge in [0.15, 0.2) is 0 Å². The summed E-state index contributed by atoms with van der Waals surface area (Å²) < 4.78 is 0. The van der Waals surface area contributed by atoms with Gasteiger partial charge in [-0.1, -0.05) is 73.7 Å². The Kier molecular flexibility index (Phi) is 5.29. The Labute approximate surface area is 144 Å². The first-order chi connectivity index (χ1) is 11.8. The van der Waals surface area contributed by atoms with Crippen molar-refractivity contribution in [1.82, 2.24) is 4.90 Å². The lowest BCUT2D eigenvalue weighted by Gasteiger charge is -2.21. The number of benzene rings is 3. The summed E-state index contributed by atoms with van der Waals surface area (Å²) in [6.07, 6.45) is 0. The molecule has 24 heavy (non-hydrogen) atoms. The van der Waals surface area contributed by atoms with Gasteiger partial charge >= 0.3 is 0 Å². The molecule has 0 amide bonds. The number of phenolic OH excluding ortho intramolecular Hbond substituents is 1. The van der Waals surface area contributed by atoms with E-state index in [0.717, 1.165) is 30.8 Å². The number of rotatable bonds is 6. The Balaban J connectivity index is 1.80. The number of nitrogens with zero attached hydrogens (tertiary/aromatic N) is 1. The molecule has 2 heteroatoms. The van der Waals surface area contributed by atoms with Gasteiger partial charge in [-0.2, -0.15) is 0 Å². The standard InChI is InChI=1S/C22H23NO/c1-2-23(16-18-9-5-3-6-10-18)17-21-15-20(13-14-22(21)24)19-11-7-4-8-12-19/h3-15,24H,2,16-17H2,1H3. The normalized spacial score (nSPS) is 10.9. The highest BCUT2D eigenvalue weighted by Gasteiger charge is 2.10. The van der Waals surface area contributed by atoms with E-state index in [2.05, 4.69) is 54.3 Å². The third kappa shape index (κ3) is 4.03. The first-order valence-electron chi connectivity index (χ1n) is 8.40. The molecule has 3 rings (SSSR count). The summed E-state index contributed by atoms with van der Waals surface area (Å²) in [5.74, 6) is 0.362. The van der Waals surface area contributed by atoms with Gasteiger partial charge in [-0.05, 0) is 35.4 Å². The second kappa shape index (κ2) is 7.80. The van der Waals surface area contributed by atoms with E-state index in [4.69, 9.17) is 0 Å². The Hall–Kier alpha value is -2.58. The predicted octanol–water partition coefficient (Wildman–Crippen LogP) is 5.08. The van der Waals surface area contributed by atoms with E-state index in [1.54, 1.807) is 6.07 Å². The first-order valence-corrected chi connectivity index (χ1v) is 8.40. The van der Waals surface area contributed by atoms with Crippen LogP contribution < -0.4 is 0 Å². The van der Waals surface area contributed by atoms with Crippen LogP contribution >= 0.6 is 0 Å². The van der Waals surface area contributed by atoms with Crippen molar-refractivity contribution in [2.24, 2.45) is 0 Å². The Bertz CT molecular complexity index is 768. The van der Waals surface area contributed by atoms with Gasteiger partial charge in [0.05, 0.1) is 0 Å². The van der Waals surface area contributed by atoms with Gasteiger partial charge in [0.25, 0.3) is 0 Å². The molecular weight excluding hydrogens is 294 g/mol. The zero-order valence-corrected chi connectivity index (χ0v) is 14.0. The molecule has 0 bridgehead atoms. The van der Waals surface area contributed by atoms with Crippen LogP contribution in [0.25, 0.3) is 11.1 Å². The molecular formula is C22H23NO. The van der Waals surface area contributed by atoms with E-state index in [9.17, 15) is 5.11 Å². The molecule has 3 aromatic carbocycles. The van der Waals surface area contributed by atoms with E-state index < -0.39 is 0 Å². The molecule has 1 N–H and O–H groups in total. The van der Waals surface area contributed by atoms with E-state index in [-0.39, 0.29) is 0 Å². The van der Waals surface area contributed by atoms with Crippen LogP contribution in [0.4, 0.5) is 0 Å². The summed E-state index contributed by atoms with van der Waals surface area (Å²) in [5, 5.41) is 10.3. The van der Waals surface area contributed by atoms with E-state index in [1.165, 1.54) is 11.1 Å². The molecule has 0 saturated heterocycles. The van der Waals surface area contributed by atoms with Crippen molar-refractivity contribution >= 4 is 0 Å². The fourth-order valence-corrected chi connectivity index (χ4v) is 2.88. The van der Waals surface area contributed by atoms with E-state index >= 15 is 0 Å². The third-order valence-corrected chi connectivity index (χ3v) is 4.28. The molecule has 0 aliphatic heterocycles. The maximum atomic E-state index is 10.3. The average molecular weight is 317 g/mol. The van der Waals surface area contributed by atoms with E-state index in [0.29, 0.717) is 5.75 Å². The second-order valence-electron chi connectivity index (χ2n) is 6.00. The van der Waals surface area contributed by atoms with Crippen molar-refractivity contribution in [2.45, 2.75) is 20.0 Å². The minimum Gasteiger partial charge on any atom is -0.508 e. The van der Waals surface area contributed by atoms with Gasteiger partial charge < -0.3 is 5.11 Å². The maximum absolute atomic E-state index is 10.3. The Morgan fingerprint density at radius 1 is 0.750 bits per heavy atom. The second-order valence-corrected chi connectivity index (χ2v) is 6.00. The Morgan fingerprint density at radius 3 is 2.08 bits per heavy atom. The highest BCUT2D eigenvalue weighted by molar-refractivity contribution is 5.65. The topological polar surface area (TPSA) is 23.5 Å². The molecule has 0 atom stereocenters. The van der Waals surface area contributed by atoms with Crippen molar-refractivity contribution in [3.8, 4) is 16.9 Å². The van der Waals surface area contributed by atoms with Gasteiger partial charge in [0, 0.05) is 18.7 Å². The molecule has 0 aliphatic carbocycles. The van der Waals surface area contributed by atoms with Crippen molar-refractivity contribution < 1.29 is 5.11 Å². The number of phenols is 1. The highest BCUT2D eigenvalue weighted by atomic mass is 16.3. The minimum atomic E-state index is 0.362. The molecule has 0 saturated carbocycles. The number of aromatic hydroxyl groups is 1. The molecule has 0 heterocycles. The van der Waals surface area contributed by atoms with Gasteiger partial charge in [-0.15, -0.1) is 0 Å². The quantitative estimate of drug-likeness (QED) is 0.685. The molecule has 122 valence electrons. The van der Waals surface area contributed by atoms with Crippen molar-refractivity contribution in [2.75, 3.05) is 6.54 Å². The maximum Gasteiger partial charge on any atom is 0.120 e. The summed E-state index contributed by atoms with van der Waals surface area (Å²) in [6.45, 7) is 4.70. The lowest BCUT2D eigenvalue weighted by molar-refractivity contribution is 0.267. The molecule has 0 radical (unpaired) electrons. The monoisotopic (exact) mass is 317 g/mol. The van der Waals surface area contributed by atoms with Crippen molar-refractivity contribution in [3.05, 3.63) is 90.0 Å². The van der Waals surface area contributed by atoms with E-state index in [1.807, 2.05) is 30.3 Å². The molecule has 0 spiro atoms. The fourth-order valence-electron chi connectivity index (χ4n) is 2.88. The van der Waals surface area contributed by atoms with Crippen molar-refractivity contribution in [1.29, 1.82) is 0 Å². The van der Waals surface area contributed by atoms with Gasteiger partial charge in [-0.25, -0.2) is 0 Å². The number of hydrogen-bond donors (Lipinski definition) is 1. The van der Waals surface area contributed by atoms with Crippen LogP contribution in [0, 0.1) is 0 Å². The SMILES string of the molecule is CCN(Cc1ccccc1)Cc1cc(-c2ccccc2)ccc1O. The largest absolute Gasteiger partial charge is 0.508 e. The molecule has 0 aromatic heterocycles. The average Bonchev–Trinajstić information content (AvgIpc) is 2.64. The molecule has 3 aromatic rings. The smallest absolute Gasteiger partial charge is 0.120 e. The third-order valence-electron chi connectivity index (χ3n) is 4.28. The summed E-state index contributed by atoms with van der Waals surface area (Å²) in [7, 11) is 0. The number of hydrogen-bond acceptors (Lipinski definition) is 2. The highest BCUT2D eigenvalue weighted by Crippen LogP contribution is 2.27. The zero-order valence-electron chi connectivity index (χ0n) is 14.0. The predicted molar refractivity (Wildman–Crippen MR) is 99.8 cm³/mol. The van der Waals surface area contributed by atoms with Gasteiger partial charge in [0.2, 0.25) is 0 Å². The van der Waals surface area contributed by atoms with Crippen LogP contribution in [0.2, 0.25) is 0 Å². The van der Waals surface area contributed by atoms with Crippen molar-refractivity contribution in [3.63, 3.8) is 0 Å². The molecule has 2 nitrogen and oxygen atoms in total. The fraction of sp³-hybridized carbons (Fsp3) is 0.182. The van der Waals surface area contributed by atoms with Crippen LogP contribution in [-0.4, -0.2) is 16.6 Å². The molecule has 0 unspecified atom stereocenters. The lowest BCUT2D eigenvalue weighted by atomic mass is 10.0. The minimum absolute atomic E-state index is 0.362. The summed E-state index contributed by atoms with van der Waals surface area (Å²) >= 11 is 0. The molecule has 0 aliphatic rings. The van der Waals surface area contributed by atoms with Crippen LogP contribution in [-0.2, 0) is 13.1 Å². The van der Waals surface area contributed by atoms with Crippen LogP contribution in [0.5, 0.6) is 5.75 Å². The van der Waals surface area contributed by atoms with Crippen LogP contribution in [0.3, 0.4) is 0 Å². The lowest BCUT2D eigenvalue weighted by Crippen LogP contribution is -2.22. The Morgan fingerprint density at radius 2 is 1.42 bits per heavy atom. The summed E-state index contributed by atoms with van der Waals surface area (Å²) in [4.78, 5) is 2.33. The van der Waals surface area contributed by atoms with Gasteiger partial charge in [-0.3, -0.25) is 4.90 Å². The van der Waals surface area contributed by atoms with Gasteiger partial charge in [0.1, 0.15) is 5.75 Å². The van der Waals surface area contributed by atoms with Crippen LogP contribution in [0.1, 0.15) is 18.1 Å². The molecule has 0 fully saturated rings. The summed E-state index contributed by atoms with van der Waals surface area (Å²) in [6, 6.07) is 26.6.